The summed E-state index contributed by atoms with van der Waals surface area (Å²) in [5, 5.41) is 8.88. The summed E-state index contributed by atoms with van der Waals surface area (Å²) in [6.45, 7) is 14.8. The lowest BCUT2D eigenvalue weighted by Gasteiger charge is -2.43. The fourth-order valence-corrected chi connectivity index (χ4v) is 8.93. The van der Waals surface area contributed by atoms with Crippen molar-refractivity contribution >= 4 is 29.6 Å². The molecule has 4 amide bonds. The van der Waals surface area contributed by atoms with Crippen molar-refractivity contribution in [1.29, 1.82) is 0 Å². The monoisotopic (exact) mass is 866 g/mol. The van der Waals surface area contributed by atoms with E-state index in [2.05, 4.69) is 29.8 Å². The summed E-state index contributed by atoms with van der Waals surface area (Å²) in [6, 6.07) is 14.7. The molecular formula is C48H75N5O9. The van der Waals surface area contributed by atoms with Crippen LogP contribution in [0.15, 0.2) is 54.6 Å². The Morgan fingerprint density at radius 1 is 0.839 bits per heavy atom. The highest BCUT2D eigenvalue weighted by Gasteiger charge is 2.43. The van der Waals surface area contributed by atoms with Crippen LogP contribution in [0.3, 0.4) is 0 Å². The first-order valence-electron chi connectivity index (χ1n) is 22.2. The maximum absolute atomic E-state index is 14.4. The molecule has 14 heteroatoms. The standard InChI is InChI=1S/C48H75N5O9/c1-13-32(6)43(52(9)42(31(4)5)47(57)51-46(56)41(49-8)30(2)3)39(59-10)27-40(54)53-25-17-20-38(53)44(60-11)33(7)45(55)50-37(26-34-18-15-14-16-19-34)29-62-28-35-21-23-36(24-22-35)48(58)61-12/h14-16,18-19,21-24,30-33,37-39,41-44,49H,13,17,20,25-29H2,1-12H3,(H,50,55)(H,51,56,57)/t32-,33+,37-,38-,39+,41-,42-,43-,44+/m0/s1. The molecule has 1 heterocycles. The number of benzene rings is 2. The van der Waals surface area contributed by atoms with Gasteiger partial charge in [-0.1, -0.05) is 97.4 Å². The van der Waals surface area contributed by atoms with Gasteiger partial charge >= 0.3 is 5.97 Å². The van der Waals surface area contributed by atoms with E-state index in [1.54, 1.807) is 33.4 Å². The summed E-state index contributed by atoms with van der Waals surface area (Å²) in [4.78, 5) is 71.1. The number of nitrogens with zero attached hydrogens (tertiary/aromatic N) is 2. The van der Waals surface area contributed by atoms with E-state index in [0.717, 1.165) is 24.0 Å². The van der Waals surface area contributed by atoms with Gasteiger partial charge in [-0.15, -0.1) is 0 Å². The van der Waals surface area contributed by atoms with Crippen LogP contribution in [0.25, 0.3) is 0 Å². The predicted octanol–water partition coefficient (Wildman–Crippen LogP) is 5.02. The highest BCUT2D eigenvalue weighted by molar-refractivity contribution is 6.00. The van der Waals surface area contributed by atoms with Crippen molar-refractivity contribution in [1.82, 2.24) is 25.8 Å². The first-order chi connectivity index (χ1) is 29.5. The molecule has 0 spiro atoms. The van der Waals surface area contributed by atoms with Gasteiger partial charge in [0, 0.05) is 26.8 Å². The molecule has 0 aliphatic carbocycles. The smallest absolute Gasteiger partial charge is 0.337 e. The molecule has 2 aromatic carbocycles. The maximum atomic E-state index is 14.4. The Labute approximate surface area is 370 Å². The Kier molecular flexibility index (Phi) is 21.7. The minimum absolute atomic E-state index is 0.0156. The molecule has 1 aliphatic heterocycles. The van der Waals surface area contributed by atoms with Crippen LogP contribution in [-0.2, 0) is 51.2 Å². The number of rotatable bonds is 25. The zero-order valence-electron chi connectivity index (χ0n) is 39.3. The van der Waals surface area contributed by atoms with Crippen molar-refractivity contribution in [2.24, 2.45) is 23.7 Å². The average molecular weight is 866 g/mol. The number of carbonyl (C=O) groups excluding carboxylic acids is 5. The van der Waals surface area contributed by atoms with E-state index in [1.165, 1.54) is 7.11 Å². The summed E-state index contributed by atoms with van der Waals surface area (Å²) in [6.07, 6.45) is 1.66. The number of likely N-dealkylation sites (tertiary alicyclic amines) is 1. The Hall–Kier alpha value is -4.21. The summed E-state index contributed by atoms with van der Waals surface area (Å²) in [5.41, 5.74) is 2.37. The average Bonchev–Trinajstić information content (AvgIpc) is 3.73. The number of amides is 4. The first-order valence-corrected chi connectivity index (χ1v) is 22.2. The largest absolute Gasteiger partial charge is 0.465 e. The minimum Gasteiger partial charge on any atom is -0.465 e. The third-order valence-electron chi connectivity index (χ3n) is 12.4. The van der Waals surface area contributed by atoms with Crippen molar-refractivity contribution < 1.29 is 42.9 Å². The molecule has 3 rings (SSSR count). The van der Waals surface area contributed by atoms with Crippen LogP contribution in [-0.4, -0.2) is 130 Å². The second-order valence-electron chi connectivity index (χ2n) is 17.5. The van der Waals surface area contributed by atoms with Gasteiger partial charge in [0.05, 0.1) is 74.6 Å². The summed E-state index contributed by atoms with van der Waals surface area (Å²) in [7, 11) is 8.10. The lowest BCUT2D eigenvalue weighted by atomic mass is 9.87. The highest BCUT2D eigenvalue weighted by Crippen LogP contribution is 2.30. The van der Waals surface area contributed by atoms with Gasteiger partial charge < -0.3 is 34.5 Å². The van der Waals surface area contributed by atoms with Gasteiger partial charge in [-0.05, 0) is 74.4 Å². The van der Waals surface area contributed by atoms with Gasteiger partial charge in [-0.25, -0.2) is 4.79 Å². The molecule has 1 fully saturated rings. The van der Waals surface area contributed by atoms with Crippen molar-refractivity contribution in [3.8, 4) is 0 Å². The number of nitrogens with one attached hydrogen (secondary N) is 3. The van der Waals surface area contributed by atoms with Crippen molar-refractivity contribution in [3.05, 3.63) is 71.3 Å². The van der Waals surface area contributed by atoms with Crippen LogP contribution >= 0.6 is 0 Å². The van der Waals surface area contributed by atoms with Gasteiger partial charge in [0.25, 0.3) is 0 Å². The van der Waals surface area contributed by atoms with Gasteiger partial charge in [-0.2, -0.15) is 0 Å². The molecule has 1 aliphatic rings. The van der Waals surface area contributed by atoms with Crippen molar-refractivity contribution in [2.45, 2.75) is 130 Å². The Morgan fingerprint density at radius 2 is 1.50 bits per heavy atom. The highest BCUT2D eigenvalue weighted by atomic mass is 16.5. The second-order valence-corrected chi connectivity index (χ2v) is 17.5. The number of methoxy groups -OCH3 is 3. The van der Waals surface area contributed by atoms with Gasteiger partial charge in [-0.3, -0.25) is 29.4 Å². The number of esters is 1. The van der Waals surface area contributed by atoms with E-state index in [9.17, 15) is 24.0 Å². The molecule has 0 saturated carbocycles. The predicted molar refractivity (Wildman–Crippen MR) is 240 cm³/mol. The Morgan fingerprint density at radius 3 is 2.05 bits per heavy atom. The topological polar surface area (TPSA) is 165 Å². The molecule has 0 radical (unpaired) electrons. The SMILES string of the molecule is CC[C@H](C)[C@@H]([C@@H](CC(=O)N1CCC[C@H]1[C@H](OC)[C@@H](C)C(=O)N[C@H](COCc1ccc(C(=O)OC)cc1)Cc1ccccc1)OC)N(C)[C@H](C(=O)NC(=O)[C@@H](NC)C(C)C)C(C)C. The molecule has 14 nitrogen and oxygen atoms in total. The fraction of sp³-hybridized carbons (Fsp3) is 0.646. The van der Waals surface area contributed by atoms with E-state index in [-0.39, 0.29) is 79.1 Å². The molecular weight excluding hydrogens is 791 g/mol. The Balaban J connectivity index is 1.77. The second kappa shape index (κ2) is 25.8. The Bertz CT molecular complexity index is 1710. The quantitative estimate of drug-likeness (QED) is 0.115. The molecule has 0 bridgehead atoms. The minimum atomic E-state index is -0.664. The van der Waals surface area contributed by atoms with Crippen molar-refractivity contribution in [3.63, 3.8) is 0 Å². The third-order valence-corrected chi connectivity index (χ3v) is 12.4. The summed E-state index contributed by atoms with van der Waals surface area (Å²) >= 11 is 0. The summed E-state index contributed by atoms with van der Waals surface area (Å²) < 4.78 is 23.1. The van der Waals surface area contributed by atoms with Crippen LogP contribution in [0.2, 0.25) is 0 Å². The molecule has 0 unspecified atom stereocenters. The van der Waals surface area contributed by atoms with Crippen LogP contribution in [0.4, 0.5) is 0 Å². The fourth-order valence-electron chi connectivity index (χ4n) is 8.93. The molecule has 62 heavy (non-hydrogen) atoms. The van der Waals surface area contributed by atoms with E-state index in [0.29, 0.717) is 24.9 Å². The van der Waals surface area contributed by atoms with Gasteiger partial charge in [0.15, 0.2) is 0 Å². The number of likely N-dealkylation sites (N-methyl/N-ethyl adjacent to an activating group) is 2. The van der Waals surface area contributed by atoms with E-state index in [4.69, 9.17) is 18.9 Å². The maximum Gasteiger partial charge on any atom is 0.337 e. The van der Waals surface area contributed by atoms with E-state index < -0.39 is 36.2 Å². The number of hydrogen-bond acceptors (Lipinski definition) is 11. The van der Waals surface area contributed by atoms with E-state index >= 15 is 0 Å². The van der Waals surface area contributed by atoms with E-state index in [1.807, 2.05) is 93.9 Å². The zero-order chi connectivity index (χ0) is 46.1. The lowest BCUT2D eigenvalue weighted by Crippen LogP contribution is -2.60. The van der Waals surface area contributed by atoms with Crippen LogP contribution < -0.4 is 16.0 Å². The first kappa shape index (κ1) is 52.1. The van der Waals surface area contributed by atoms with Crippen molar-refractivity contribution in [2.75, 3.05) is 48.6 Å². The normalized spacial score (nSPS) is 18.1. The van der Waals surface area contributed by atoms with Crippen LogP contribution in [0, 0.1) is 23.7 Å². The van der Waals surface area contributed by atoms with Gasteiger partial charge in [0.2, 0.25) is 23.6 Å². The lowest BCUT2D eigenvalue weighted by molar-refractivity contribution is -0.144. The molecule has 346 valence electrons. The molecule has 9 atom stereocenters. The molecule has 2 aromatic rings. The number of imide groups is 1. The van der Waals surface area contributed by atoms with Crippen LogP contribution in [0.1, 0.15) is 95.6 Å². The molecule has 1 saturated heterocycles. The number of ether oxygens (including phenoxy) is 4. The molecule has 3 N–H and O–H groups in total. The number of carbonyl (C=O) groups is 5. The molecule has 0 aromatic heterocycles. The number of hydrogen-bond donors (Lipinski definition) is 3. The van der Waals surface area contributed by atoms with Gasteiger partial charge in [0.1, 0.15) is 0 Å². The zero-order valence-corrected chi connectivity index (χ0v) is 39.3. The third kappa shape index (κ3) is 14.4. The summed E-state index contributed by atoms with van der Waals surface area (Å²) in [5.74, 6) is -2.22. The van der Waals surface area contributed by atoms with Crippen LogP contribution in [0.5, 0.6) is 0 Å².